The van der Waals surface area contributed by atoms with Gasteiger partial charge in [0.15, 0.2) is 0 Å². The largest absolute Gasteiger partial charge is 0.490 e. The second-order valence-corrected chi connectivity index (χ2v) is 3.44. The average molecular weight is 190 g/mol. The third-order valence-electron chi connectivity index (χ3n) is 2.37. The van der Waals surface area contributed by atoms with Crippen LogP contribution in [0.4, 0.5) is 0 Å². The minimum Gasteiger partial charge on any atom is -0.490 e. The highest BCUT2D eigenvalue weighted by Crippen LogP contribution is 2.23. The molecule has 0 saturated carbocycles. The molecule has 2 heteroatoms. The van der Waals surface area contributed by atoms with Crippen LogP contribution >= 0.6 is 0 Å². The lowest BCUT2D eigenvalue weighted by atomic mass is 10.1. The Morgan fingerprint density at radius 3 is 3.07 bits per heavy atom. The van der Waals surface area contributed by atoms with Crippen molar-refractivity contribution in [1.82, 2.24) is 0 Å². The SMILES string of the molecule is C=Cc1cccc(OCC2CO2)c1C. The Labute approximate surface area is 84.2 Å². The Bertz CT molecular complexity index is 340. The van der Waals surface area contributed by atoms with Gasteiger partial charge in [-0.15, -0.1) is 0 Å². The van der Waals surface area contributed by atoms with Crippen molar-refractivity contribution in [3.8, 4) is 5.75 Å². The monoisotopic (exact) mass is 190 g/mol. The molecule has 0 bridgehead atoms. The predicted molar refractivity (Wildman–Crippen MR) is 56.5 cm³/mol. The lowest BCUT2D eigenvalue weighted by molar-refractivity contribution is 0.261. The van der Waals surface area contributed by atoms with E-state index in [-0.39, 0.29) is 0 Å². The van der Waals surface area contributed by atoms with Crippen LogP contribution in [0.1, 0.15) is 11.1 Å². The first-order valence-corrected chi connectivity index (χ1v) is 4.77. The molecule has 1 aromatic carbocycles. The van der Waals surface area contributed by atoms with Gasteiger partial charge in [0, 0.05) is 0 Å². The van der Waals surface area contributed by atoms with Crippen molar-refractivity contribution in [2.45, 2.75) is 13.0 Å². The second kappa shape index (κ2) is 3.84. The molecule has 0 spiro atoms. The van der Waals surface area contributed by atoms with E-state index >= 15 is 0 Å². The van der Waals surface area contributed by atoms with Crippen molar-refractivity contribution < 1.29 is 9.47 Å². The van der Waals surface area contributed by atoms with Gasteiger partial charge in [0.2, 0.25) is 0 Å². The van der Waals surface area contributed by atoms with Crippen LogP contribution in [-0.2, 0) is 4.74 Å². The van der Waals surface area contributed by atoms with E-state index in [1.165, 1.54) is 0 Å². The third-order valence-corrected chi connectivity index (χ3v) is 2.37. The van der Waals surface area contributed by atoms with Crippen LogP contribution in [0, 0.1) is 6.92 Å². The lowest BCUT2D eigenvalue weighted by Gasteiger charge is -2.09. The summed E-state index contributed by atoms with van der Waals surface area (Å²) in [7, 11) is 0. The Kier molecular flexibility index (Phi) is 2.55. The molecule has 1 unspecified atom stereocenters. The first kappa shape index (κ1) is 9.28. The van der Waals surface area contributed by atoms with Gasteiger partial charge in [-0.1, -0.05) is 24.8 Å². The molecule has 0 amide bonds. The summed E-state index contributed by atoms with van der Waals surface area (Å²) in [6.07, 6.45) is 2.15. The first-order chi connectivity index (χ1) is 6.81. The van der Waals surface area contributed by atoms with E-state index in [1.807, 2.05) is 31.2 Å². The van der Waals surface area contributed by atoms with Crippen LogP contribution in [0.2, 0.25) is 0 Å². The zero-order chi connectivity index (χ0) is 9.97. The second-order valence-electron chi connectivity index (χ2n) is 3.44. The van der Waals surface area contributed by atoms with Gasteiger partial charge < -0.3 is 9.47 Å². The van der Waals surface area contributed by atoms with Gasteiger partial charge in [-0.2, -0.15) is 0 Å². The first-order valence-electron chi connectivity index (χ1n) is 4.77. The summed E-state index contributed by atoms with van der Waals surface area (Å²) in [4.78, 5) is 0. The highest BCUT2D eigenvalue weighted by molar-refractivity contribution is 5.55. The third kappa shape index (κ3) is 1.96. The summed E-state index contributed by atoms with van der Waals surface area (Å²) in [6, 6.07) is 5.99. The normalized spacial score (nSPS) is 19.1. The minimum atomic E-state index is 0.307. The lowest BCUT2D eigenvalue weighted by Crippen LogP contribution is -2.05. The minimum absolute atomic E-state index is 0.307. The summed E-state index contributed by atoms with van der Waals surface area (Å²) in [5.41, 5.74) is 2.27. The van der Waals surface area contributed by atoms with Crippen LogP contribution in [0.3, 0.4) is 0 Å². The smallest absolute Gasteiger partial charge is 0.122 e. The van der Waals surface area contributed by atoms with Gasteiger partial charge in [0.05, 0.1) is 6.61 Å². The molecular formula is C12H14O2. The summed E-state index contributed by atoms with van der Waals surface area (Å²) >= 11 is 0. The number of hydrogen-bond donors (Lipinski definition) is 0. The quantitative estimate of drug-likeness (QED) is 0.680. The summed E-state index contributed by atoms with van der Waals surface area (Å²) in [6.45, 7) is 7.29. The maximum atomic E-state index is 5.63. The van der Waals surface area contributed by atoms with Crippen molar-refractivity contribution >= 4 is 6.08 Å². The fourth-order valence-electron chi connectivity index (χ4n) is 1.36. The van der Waals surface area contributed by atoms with Crippen LogP contribution in [0.5, 0.6) is 5.75 Å². The fraction of sp³-hybridized carbons (Fsp3) is 0.333. The molecule has 1 heterocycles. The molecule has 0 aromatic heterocycles. The molecular weight excluding hydrogens is 176 g/mol. The summed E-state index contributed by atoms with van der Waals surface area (Å²) in [5.74, 6) is 0.929. The van der Waals surface area contributed by atoms with Crippen molar-refractivity contribution in [2.24, 2.45) is 0 Å². The van der Waals surface area contributed by atoms with E-state index in [0.29, 0.717) is 12.7 Å². The maximum Gasteiger partial charge on any atom is 0.122 e. The standard InChI is InChI=1S/C12H14O2/c1-3-10-5-4-6-12(9(10)2)14-8-11-7-13-11/h3-6,11H,1,7-8H2,2H3. The highest BCUT2D eigenvalue weighted by atomic mass is 16.6. The molecule has 1 saturated heterocycles. The number of hydrogen-bond acceptors (Lipinski definition) is 2. The average Bonchev–Trinajstić information content (AvgIpc) is 3.00. The Hall–Kier alpha value is -1.28. The molecule has 2 nitrogen and oxygen atoms in total. The van der Waals surface area contributed by atoms with Gasteiger partial charge >= 0.3 is 0 Å². The molecule has 1 aliphatic rings. The summed E-state index contributed by atoms with van der Waals surface area (Å²) in [5, 5.41) is 0. The fourth-order valence-corrected chi connectivity index (χ4v) is 1.36. The van der Waals surface area contributed by atoms with Gasteiger partial charge in [0.25, 0.3) is 0 Å². The molecule has 74 valence electrons. The van der Waals surface area contributed by atoms with Crippen LogP contribution < -0.4 is 4.74 Å². The topological polar surface area (TPSA) is 21.8 Å². The van der Waals surface area contributed by atoms with E-state index in [1.54, 1.807) is 0 Å². The van der Waals surface area contributed by atoms with E-state index in [4.69, 9.17) is 9.47 Å². The molecule has 0 N–H and O–H groups in total. The van der Waals surface area contributed by atoms with Gasteiger partial charge in [0.1, 0.15) is 18.5 Å². The summed E-state index contributed by atoms with van der Waals surface area (Å²) < 4.78 is 10.7. The Balaban J connectivity index is 2.10. The van der Waals surface area contributed by atoms with Gasteiger partial charge in [-0.3, -0.25) is 0 Å². The number of epoxide rings is 1. The van der Waals surface area contributed by atoms with E-state index in [9.17, 15) is 0 Å². The zero-order valence-corrected chi connectivity index (χ0v) is 8.32. The van der Waals surface area contributed by atoms with Gasteiger partial charge in [-0.25, -0.2) is 0 Å². The van der Waals surface area contributed by atoms with Crippen molar-refractivity contribution in [3.63, 3.8) is 0 Å². The molecule has 1 atom stereocenters. The number of ether oxygens (including phenoxy) is 2. The zero-order valence-electron chi connectivity index (χ0n) is 8.32. The molecule has 1 aromatic rings. The Morgan fingerprint density at radius 2 is 2.43 bits per heavy atom. The van der Waals surface area contributed by atoms with Crippen LogP contribution in [0.25, 0.3) is 6.08 Å². The molecule has 1 aliphatic heterocycles. The molecule has 0 aliphatic carbocycles. The molecule has 2 rings (SSSR count). The van der Waals surface area contributed by atoms with Crippen molar-refractivity contribution in [1.29, 1.82) is 0 Å². The molecule has 1 fully saturated rings. The van der Waals surface area contributed by atoms with Crippen molar-refractivity contribution in [3.05, 3.63) is 35.9 Å². The maximum absolute atomic E-state index is 5.63. The van der Waals surface area contributed by atoms with Crippen LogP contribution in [0.15, 0.2) is 24.8 Å². The van der Waals surface area contributed by atoms with Crippen LogP contribution in [-0.4, -0.2) is 19.3 Å². The number of rotatable bonds is 4. The Morgan fingerprint density at radius 1 is 1.64 bits per heavy atom. The van der Waals surface area contributed by atoms with Gasteiger partial charge in [-0.05, 0) is 24.1 Å². The van der Waals surface area contributed by atoms with E-state index in [0.717, 1.165) is 23.5 Å². The van der Waals surface area contributed by atoms with E-state index in [2.05, 4.69) is 6.58 Å². The van der Waals surface area contributed by atoms with E-state index < -0.39 is 0 Å². The molecule has 14 heavy (non-hydrogen) atoms. The molecule has 0 radical (unpaired) electrons. The highest BCUT2D eigenvalue weighted by Gasteiger charge is 2.23. The number of benzene rings is 1. The van der Waals surface area contributed by atoms with Crippen molar-refractivity contribution in [2.75, 3.05) is 13.2 Å². The predicted octanol–water partition coefficient (Wildman–Crippen LogP) is 2.42.